The molecule has 0 radical (unpaired) electrons. The van der Waals surface area contributed by atoms with Crippen molar-refractivity contribution in [3.05, 3.63) is 60.4 Å². The van der Waals surface area contributed by atoms with Gasteiger partial charge in [0.15, 0.2) is 6.61 Å². The van der Waals surface area contributed by atoms with Crippen LogP contribution in [0.2, 0.25) is 0 Å². The van der Waals surface area contributed by atoms with Crippen LogP contribution < -0.4 is 15.0 Å². The summed E-state index contributed by atoms with van der Waals surface area (Å²) >= 11 is 0. The first-order chi connectivity index (χ1) is 14.2. The molecule has 0 spiro atoms. The maximum absolute atomic E-state index is 12.4. The maximum Gasteiger partial charge on any atom is 0.248 e. The summed E-state index contributed by atoms with van der Waals surface area (Å²) in [5, 5.41) is 14.8. The smallest absolute Gasteiger partial charge is 0.248 e. The summed E-state index contributed by atoms with van der Waals surface area (Å²) in [6, 6.07) is 16.6. The normalized spacial score (nSPS) is 13.5. The predicted molar refractivity (Wildman–Crippen MR) is 105 cm³/mol. The van der Waals surface area contributed by atoms with Crippen LogP contribution in [0.3, 0.4) is 0 Å². The van der Waals surface area contributed by atoms with Gasteiger partial charge in [-0.2, -0.15) is 4.80 Å². The molecule has 1 N–H and O–H groups in total. The second kappa shape index (κ2) is 8.51. The van der Waals surface area contributed by atoms with Crippen molar-refractivity contribution in [3.8, 4) is 5.75 Å². The van der Waals surface area contributed by atoms with Crippen LogP contribution in [-0.2, 0) is 22.7 Å². The SMILES string of the molecule is O=C(Cn1nnc(COc2ccccc2)n1)Nc1ccccc1N1CCCC1=O. The van der Waals surface area contributed by atoms with Gasteiger partial charge in [-0.25, -0.2) is 0 Å². The molecule has 9 nitrogen and oxygen atoms in total. The van der Waals surface area contributed by atoms with E-state index in [0.717, 1.165) is 6.42 Å². The van der Waals surface area contributed by atoms with Gasteiger partial charge in [0.25, 0.3) is 0 Å². The molecule has 0 unspecified atom stereocenters. The third-order valence-electron chi connectivity index (χ3n) is 4.43. The second-order valence-electron chi connectivity index (χ2n) is 6.55. The number of rotatable bonds is 7. The summed E-state index contributed by atoms with van der Waals surface area (Å²) in [5.74, 6) is 0.837. The van der Waals surface area contributed by atoms with Crippen LogP contribution in [0.1, 0.15) is 18.7 Å². The van der Waals surface area contributed by atoms with Crippen LogP contribution in [0, 0.1) is 0 Å². The van der Waals surface area contributed by atoms with Crippen molar-refractivity contribution >= 4 is 23.2 Å². The zero-order chi connectivity index (χ0) is 20.1. The molecule has 1 aromatic heterocycles. The van der Waals surface area contributed by atoms with Crippen molar-refractivity contribution in [1.82, 2.24) is 20.2 Å². The van der Waals surface area contributed by atoms with Crippen LogP contribution in [0.5, 0.6) is 5.75 Å². The third-order valence-corrected chi connectivity index (χ3v) is 4.43. The fourth-order valence-corrected chi connectivity index (χ4v) is 3.10. The number of carbonyl (C=O) groups is 2. The Morgan fingerprint density at radius 2 is 1.90 bits per heavy atom. The predicted octanol–water partition coefficient (Wildman–Crippen LogP) is 2.02. The van der Waals surface area contributed by atoms with Gasteiger partial charge < -0.3 is 15.0 Å². The highest BCUT2D eigenvalue weighted by Crippen LogP contribution is 2.29. The molecule has 1 aliphatic rings. The first-order valence-corrected chi connectivity index (χ1v) is 9.33. The van der Waals surface area contributed by atoms with Crippen LogP contribution in [-0.4, -0.2) is 38.6 Å². The van der Waals surface area contributed by atoms with Gasteiger partial charge in [-0.05, 0) is 35.9 Å². The van der Waals surface area contributed by atoms with E-state index >= 15 is 0 Å². The lowest BCUT2D eigenvalue weighted by Crippen LogP contribution is -2.26. The van der Waals surface area contributed by atoms with Gasteiger partial charge in [0.05, 0.1) is 11.4 Å². The van der Waals surface area contributed by atoms with Gasteiger partial charge in [-0.15, -0.1) is 10.2 Å². The van der Waals surface area contributed by atoms with Gasteiger partial charge in [-0.3, -0.25) is 9.59 Å². The van der Waals surface area contributed by atoms with Crippen molar-refractivity contribution in [2.24, 2.45) is 0 Å². The first-order valence-electron chi connectivity index (χ1n) is 9.33. The largest absolute Gasteiger partial charge is 0.485 e. The average molecular weight is 392 g/mol. The van der Waals surface area contributed by atoms with Crippen molar-refractivity contribution < 1.29 is 14.3 Å². The fraction of sp³-hybridized carbons (Fsp3) is 0.250. The van der Waals surface area contributed by atoms with Gasteiger partial charge in [0.2, 0.25) is 17.6 Å². The highest BCUT2D eigenvalue weighted by molar-refractivity contribution is 6.01. The standard InChI is InChI=1S/C20H20N6O3/c27-19(21-16-9-4-5-10-17(16)25-12-6-11-20(25)28)13-26-23-18(22-24-26)14-29-15-7-2-1-3-8-15/h1-5,7-10H,6,11-14H2,(H,21,27). The van der Waals surface area contributed by atoms with E-state index in [1.54, 1.807) is 11.0 Å². The summed E-state index contributed by atoms with van der Waals surface area (Å²) in [7, 11) is 0. The summed E-state index contributed by atoms with van der Waals surface area (Å²) in [4.78, 5) is 27.4. The lowest BCUT2D eigenvalue weighted by atomic mass is 10.2. The first kappa shape index (κ1) is 18.6. The number of tetrazole rings is 1. The number of amides is 2. The molecule has 0 atom stereocenters. The maximum atomic E-state index is 12.4. The van der Waals surface area contributed by atoms with E-state index in [2.05, 4.69) is 20.7 Å². The molecular formula is C20H20N6O3. The Kier molecular flexibility index (Phi) is 5.46. The Labute approximate surface area is 167 Å². The molecule has 3 aromatic rings. The minimum atomic E-state index is -0.308. The fourth-order valence-electron chi connectivity index (χ4n) is 3.10. The van der Waals surface area contributed by atoms with E-state index in [9.17, 15) is 9.59 Å². The van der Waals surface area contributed by atoms with Crippen molar-refractivity contribution in [2.45, 2.75) is 26.0 Å². The number of aromatic nitrogens is 4. The number of para-hydroxylation sites is 3. The molecule has 1 aliphatic heterocycles. The number of hydrogen-bond donors (Lipinski definition) is 1. The van der Waals surface area contributed by atoms with Crippen LogP contribution in [0.4, 0.5) is 11.4 Å². The summed E-state index contributed by atoms with van der Waals surface area (Å²) < 4.78 is 5.57. The van der Waals surface area contributed by atoms with Gasteiger partial charge >= 0.3 is 0 Å². The number of benzene rings is 2. The molecule has 0 aliphatic carbocycles. The quantitative estimate of drug-likeness (QED) is 0.660. The highest BCUT2D eigenvalue weighted by Gasteiger charge is 2.24. The number of nitrogens with zero attached hydrogens (tertiary/aromatic N) is 5. The molecule has 148 valence electrons. The molecule has 1 fully saturated rings. The van der Waals surface area contributed by atoms with E-state index < -0.39 is 0 Å². The Balaban J connectivity index is 1.36. The van der Waals surface area contributed by atoms with Crippen molar-refractivity contribution in [3.63, 3.8) is 0 Å². The number of carbonyl (C=O) groups excluding carboxylic acids is 2. The summed E-state index contributed by atoms with van der Waals surface area (Å²) in [6.45, 7) is 0.716. The molecule has 1 saturated heterocycles. The molecule has 2 amide bonds. The Bertz CT molecular complexity index is 1000. The molecule has 9 heteroatoms. The Morgan fingerprint density at radius 3 is 2.69 bits per heavy atom. The number of nitrogens with one attached hydrogen (secondary N) is 1. The molecule has 0 saturated carbocycles. The van der Waals surface area contributed by atoms with Crippen LogP contribution in [0.15, 0.2) is 54.6 Å². The van der Waals surface area contributed by atoms with Gasteiger partial charge in [-0.1, -0.05) is 30.3 Å². The lowest BCUT2D eigenvalue weighted by molar-refractivity contribution is -0.118. The zero-order valence-electron chi connectivity index (χ0n) is 15.7. The van der Waals surface area contributed by atoms with E-state index in [-0.39, 0.29) is 25.0 Å². The summed E-state index contributed by atoms with van der Waals surface area (Å²) in [6.07, 6.45) is 1.34. The second-order valence-corrected chi connectivity index (χ2v) is 6.55. The van der Waals surface area contributed by atoms with E-state index in [1.165, 1.54) is 4.80 Å². The zero-order valence-corrected chi connectivity index (χ0v) is 15.7. The molecule has 2 aromatic carbocycles. The number of anilines is 2. The monoisotopic (exact) mass is 392 g/mol. The number of hydrogen-bond acceptors (Lipinski definition) is 6. The third kappa shape index (κ3) is 4.57. The molecule has 4 rings (SSSR count). The van der Waals surface area contributed by atoms with Gasteiger partial charge in [0, 0.05) is 13.0 Å². The minimum absolute atomic E-state index is 0.0627. The van der Waals surface area contributed by atoms with Gasteiger partial charge in [0.1, 0.15) is 12.3 Å². The number of ether oxygens (including phenoxy) is 1. The molecule has 0 bridgehead atoms. The topological polar surface area (TPSA) is 102 Å². The minimum Gasteiger partial charge on any atom is -0.485 e. The molecule has 29 heavy (non-hydrogen) atoms. The van der Waals surface area contributed by atoms with E-state index in [4.69, 9.17) is 4.74 Å². The molecular weight excluding hydrogens is 372 g/mol. The highest BCUT2D eigenvalue weighted by atomic mass is 16.5. The van der Waals surface area contributed by atoms with E-state index in [1.807, 2.05) is 48.5 Å². The molecule has 2 heterocycles. The Hall–Kier alpha value is -3.75. The summed E-state index contributed by atoms with van der Waals surface area (Å²) in [5.41, 5.74) is 1.28. The van der Waals surface area contributed by atoms with E-state index in [0.29, 0.717) is 35.9 Å². The van der Waals surface area contributed by atoms with Crippen molar-refractivity contribution in [2.75, 3.05) is 16.8 Å². The van der Waals surface area contributed by atoms with Crippen LogP contribution in [0.25, 0.3) is 0 Å². The lowest BCUT2D eigenvalue weighted by Gasteiger charge is -2.19. The van der Waals surface area contributed by atoms with Crippen LogP contribution >= 0.6 is 0 Å². The average Bonchev–Trinajstić information content (AvgIpc) is 3.36. The van der Waals surface area contributed by atoms with Crippen molar-refractivity contribution in [1.29, 1.82) is 0 Å². The Morgan fingerprint density at radius 1 is 1.10 bits per heavy atom.